The lowest BCUT2D eigenvalue weighted by atomic mass is 9.56. The molecule has 0 aromatic heterocycles. The summed E-state index contributed by atoms with van der Waals surface area (Å²) in [5.41, 5.74) is 4.95. The van der Waals surface area contributed by atoms with Crippen LogP contribution in [0.2, 0.25) is 0 Å². The van der Waals surface area contributed by atoms with Crippen LogP contribution < -0.4 is 10.9 Å². The van der Waals surface area contributed by atoms with Gasteiger partial charge in [-0.3, -0.25) is 20.4 Å². The fourth-order valence-electron chi connectivity index (χ4n) is 5.95. The molecule has 1 aliphatic heterocycles. The quantitative estimate of drug-likeness (QED) is 0.685. The van der Waals surface area contributed by atoms with Crippen LogP contribution in [0.3, 0.4) is 0 Å². The molecule has 8 heteroatoms. The Morgan fingerprint density at radius 1 is 0.962 bits per heavy atom. The maximum Gasteiger partial charge on any atom is 0.248 e. The Bertz CT molecular complexity index is 656. The Morgan fingerprint density at radius 3 is 2.08 bits per heavy atom. The SMILES string of the molecule is O=C(CSC12CC3CC(CC(C3)C1)C2)NNC(=O)C[C@H]1CCS(=O)(=O)C1. The highest BCUT2D eigenvalue weighted by atomic mass is 32.2. The number of hydrogen-bond donors (Lipinski definition) is 2. The fourth-order valence-corrected chi connectivity index (χ4v) is 9.38. The summed E-state index contributed by atoms with van der Waals surface area (Å²) < 4.78 is 23.2. The highest BCUT2D eigenvalue weighted by Gasteiger charge is 2.51. The normalized spacial score (nSPS) is 39.7. The average molecular weight is 401 g/mol. The molecule has 0 unspecified atom stereocenters. The maximum atomic E-state index is 12.1. The fraction of sp³-hybridized carbons (Fsp3) is 0.889. The molecule has 5 aliphatic rings. The van der Waals surface area contributed by atoms with Crippen LogP contribution in [0.1, 0.15) is 51.4 Å². The van der Waals surface area contributed by atoms with Crippen LogP contribution >= 0.6 is 11.8 Å². The Morgan fingerprint density at radius 2 is 1.54 bits per heavy atom. The van der Waals surface area contributed by atoms with Crippen molar-refractivity contribution in [2.45, 2.75) is 56.1 Å². The lowest BCUT2D eigenvalue weighted by molar-refractivity contribution is -0.128. The zero-order valence-corrected chi connectivity index (χ0v) is 16.7. The number of sulfone groups is 1. The second kappa shape index (κ2) is 7.00. The molecule has 1 atom stereocenters. The van der Waals surface area contributed by atoms with Crippen molar-refractivity contribution >= 4 is 33.4 Å². The number of carbonyl (C=O) groups is 2. The topological polar surface area (TPSA) is 92.3 Å². The second-order valence-electron chi connectivity index (χ2n) is 8.96. The molecule has 5 rings (SSSR count). The third-order valence-electron chi connectivity index (χ3n) is 6.63. The molecule has 0 spiro atoms. The summed E-state index contributed by atoms with van der Waals surface area (Å²) in [6.07, 6.45) is 8.60. The Labute approximate surface area is 159 Å². The van der Waals surface area contributed by atoms with Gasteiger partial charge < -0.3 is 0 Å². The first-order chi connectivity index (χ1) is 12.3. The predicted octanol–water partition coefficient (Wildman–Crippen LogP) is 1.66. The van der Waals surface area contributed by atoms with Gasteiger partial charge in [0.15, 0.2) is 9.84 Å². The molecule has 1 saturated heterocycles. The van der Waals surface area contributed by atoms with E-state index in [1.165, 1.54) is 38.5 Å². The monoisotopic (exact) mass is 400 g/mol. The molecule has 2 amide bonds. The van der Waals surface area contributed by atoms with Crippen molar-refractivity contribution in [1.29, 1.82) is 0 Å². The van der Waals surface area contributed by atoms with Crippen molar-refractivity contribution < 1.29 is 18.0 Å². The van der Waals surface area contributed by atoms with E-state index in [1.807, 2.05) is 0 Å². The van der Waals surface area contributed by atoms with E-state index < -0.39 is 9.84 Å². The van der Waals surface area contributed by atoms with Gasteiger partial charge in [-0.1, -0.05) is 0 Å². The van der Waals surface area contributed by atoms with Gasteiger partial charge in [-0.25, -0.2) is 8.42 Å². The molecule has 5 fully saturated rings. The average Bonchev–Trinajstić information content (AvgIpc) is 2.88. The molecule has 4 aliphatic carbocycles. The minimum absolute atomic E-state index is 0.0796. The zero-order valence-electron chi connectivity index (χ0n) is 15.0. The van der Waals surface area contributed by atoms with E-state index in [9.17, 15) is 18.0 Å². The van der Waals surface area contributed by atoms with Crippen LogP contribution in [0.5, 0.6) is 0 Å². The van der Waals surface area contributed by atoms with Gasteiger partial charge in [0.1, 0.15) is 0 Å². The number of hydrazine groups is 1. The van der Waals surface area contributed by atoms with Crippen molar-refractivity contribution in [2.75, 3.05) is 17.3 Å². The van der Waals surface area contributed by atoms with Crippen molar-refractivity contribution in [2.24, 2.45) is 23.7 Å². The number of hydrogen-bond acceptors (Lipinski definition) is 5. The Balaban J connectivity index is 1.18. The van der Waals surface area contributed by atoms with Crippen molar-refractivity contribution in [3.05, 3.63) is 0 Å². The van der Waals surface area contributed by atoms with Crippen molar-refractivity contribution in [1.82, 2.24) is 10.9 Å². The molecular formula is C18H28N2O4S2. The van der Waals surface area contributed by atoms with E-state index in [0.717, 1.165) is 17.8 Å². The zero-order chi connectivity index (χ0) is 18.4. The van der Waals surface area contributed by atoms with Crippen LogP contribution in [0.15, 0.2) is 0 Å². The first-order valence-corrected chi connectivity index (χ1v) is 12.5. The van der Waals surface area contributed by atoms with Gasteiger partial charge in [0, 0.05) is 11.2 Å². The molecule has 4 saturated carbocycles. The van der Waals surface area contributed by atoms with Gasteiger partial charge in [0.05, 0.1) is 17.3 Å². The largest absolute Gasteiger partial charge is 0.273 e. The van der Waals surface area contributed by atoms with Gasteiger partial charge in [0.25, 0.3) is 0 Å². The maximum absolute atomic E-state index is 12.1. The minimum Gasteiger partial charge on any atom is -0.273 e. The Kier molecular flexibility index (Phi) is 5.01. The van der Waals surface area contributed by atoms with Crippen LogP contribution in [0, 0.1) is 23.7 Å². The summed E-state index contributed by atoms with van der Waals surface area (Å²) >= 11 is 1.78. The first kappa shape index (κ1) is 18.6. The van der Waals surface area contributed by atoms with Gasteiger partial charge >= 0.3 is 0 Å². The van der Waals surface area contributed by atoms with E-state index in [-0.39, 0.29) is 40.4 Å². The molecule has 2 N–H and O–H groups in total. The molecule has 1 heterocycles. The highest BCUT2D eigenvalue weighted by molar-refractivity contribution is 8.01. The first-order valence-electron chi connectivity index (χ1n) is 9.73. The lowest BCUT2D eigenvalue weighted by Crippen LogP contribution is -2.49. The number of nitrogens with one attached hydrogen (secondary N) is 2. The van der Waals surface area contributed by atoms with E-state index in [4.69, 9.17) is 0 Å². The lowest BCUT2D eigenvalue weighted by Gasteiger charge is -2.56. The molecule has 4 bridgehead atoms. The summed E-state index contributed by atoms with van der Waals surface area (Å²) in [5.74, 6) is 2.61. The van der Waals surface area contributed by atoms with E-state index in [2.05, 4.69) is 10.9 Å². The number of thioether (sulfide) groups is 1. The smallest absolute Gasteiger partial charge is 0.248 e. The summed E-state index contributed by atoms with van der Waals surface area (Å²) in [5, 5.41) is 0. The summed E-state index contributed by atoms with van der Waals surface area (Å²) in [7, 11) is -2.97. The molecule has 0 aromatic carbocycles. The molecule has 6 nitrogen and oxygen atoms in total. The molecule has 146 valence electrons. The molecule has 0 aromatic rings. The van der Waals surface area contributed by atoms with Gasteiger partial charge in [-0.2, -0.15) is 0 Å². The summed E-state index contributed by atoms with van der Waals surface area (Å²) in [6, 6.07) is 0. The van der Waals surface area contributed by atoms with Crippen LogP contribution in [-0.4, -0.2) is 42.2 Å². The van der Waals surface area contributed by atoms with E-state index >= 15 is 0 Å². The van der Waals surface area contributed by atoms with Crippen molar-refractivity contribution in [3.63, 3.8) is 0 Å². The van der Waals surface area contributed by atoms with E-state index in [1.54, 1.807) is 11.8 Å². The third-order valence-corrected chi connectivity index (χ3v) is 9.99. The van der Waals surface area contributed by atoms with Gasteiger partial charge in [-0.05, 0) is 68.6 Å². The van der Waals surface area contributed by atoms with E-state index in [0.29, 0.717) is 12.2 Å². The standard InChI is InChI=1S/C18H28N2O4S2/c21-16(6-12-1-2-26(23,24)11-12)19-20-17(22)10-25-18-7-13-3-14(8-18)5-15(4-13)9-18/h12-15H,1-11H2,(H,19,21)(H,20,22)/t12-,13?,14?,15?,18?/m1/s1. The summed E-state index contributed by atoms with van der Waals surface area (Å²) in [4.78, 5) is 24.1. The van der Waals surface area contributed by atoms with Crippen molar-refractivity contribution in [3.8, 4) is 0 Å². The second-order valence-corrected chi connectivity index (χ2v) is 12.6. The van der Waals surface area contributed by atoms with Gasteiger partial charge in [-0.15, -0.1) is 11.8 Å². The molecular weight excluding hydrogens is 372 g/mol. The molecule has 0 radical (unpaired) electrons. The third kappa shape index (κ3) is 4.21. The van der Waals surface area contributed by atoms with Crippen LogP contribution in [0.4, 0.5) is 0 Å². The number of carbonyl (C=O) groups excluding carboxylic acids is 2. The molecule has 26 heavy (non-hydrogen) atoms. The van der Waals surface area contributed by atoms with Crippen LogP contribution in [-0.2, 0) is 19.4 Å². The number of amides is 2. The Hall–Kier alpha value is -0.760. The minimum atomic E-state index is -2.97. The predicted molar refractivity (Wildman–Crippen MR) is 101 cm³/mol. The summed E-state index contributed by atoms with van der Waals surface area (Å²) in [6.45, 7) is 0. The number of rotatable bonds is 5. The van der Waals surface area contributed by atoms with Gasteiger partial charge in [0.2, 0.25) is 11.8 Å². The highest BCUT2D eigenvalue weighted by Crippen LogP contribution is 2.60. The van der Waals surface area contributed by atoms with Crippen LogP contribution in [0.25, 0.3) is 0 Å².